The van der Waals surface area contributed by atoms with Gasteiger partial charge in [0.1, 0.15) is 0 Å². The van der Waals surface area contributed by atoms with Crippen LogP contribution in [0.5, 0.6) is 0 Å². The molecule has 0 atom stereocenters. The zero-order valence-corrected chi connectivity index (χ0v) is 11.1. The predicted molar refractivity (Wildman–Crippen MR) is 71.5 cm³/mol. The summed E-state index contributed by atoms with van der Waals surface area (Å²) in [6.07, 6.45) is 2.10. The van der Waals surface area contributed by atoms with Crippen LogP contribution in [0.25, 0.3) is 0 Å². The Bertz CT molecular complexity index is 406. The summed E-state index contributed by atoms with van der Waals surface area (Å²) in [4.78, 5) is 8.20. The minimum atomic E-state index is 0.0425. The quantitative estimate of drug-likeness (QED) is 0.731. The van der Waals surface area contributed by atoms with Gasteiger partial charge in [0, 0.05) is 4.90 Å². The lowest BCUT2D eigenvalue weighted by Gasteiger charge is -2.29. The standard InChI is InChI=1S/C13H18N2S/c1-13(2)12(14-9-15(13)3)10-5-7-11(16-4)8-6-10/h5-8H,9H2,1-4H3. The van der Waals surface area contributed by atoms with Gasteiger partial charge >= 0.3 is 0 Å². The third kappa shape index (κ3) is 1.89. The summed E-state index contributed by atoms with van der Waals surface area (Å²) in [5.41, 5.74) is 2.48. The second kappa shape index (κ2) is 4.22. The van der Waals surface area contributed by atoms with Crippen molar-refractivity contribution >= 4 is 17.5 Å². The maximum absolute atomic E-state index is 4.63. The van der Waals surface area contributed by atoms with Crippen LogP contribution in [-0.2, 0) is 0 Å². The highest BCUT2D eigenvalue weighted by molar-refractivity contribution is 7.98. The van der Waals surface area contributed by atoms with E-state index in [2.05, 4.69) is 61.3 Å². The lowest BCUT2D eigenvalue weighted by molar-refractivity contribution is 0.256. The Morgan fingerprint density at radius 2 is 1.88 bits per heavy atom. The molecule has 0 aliphatic carbocycles. The number of hydrogen-bond donors (Lipinski definition) is 0. The maximum Gasteiger partial charge on any atom is 0.0918 e. The molecule has 86 valence electrons. The van der Waals surface area contributed by atoms with Gasteiger partial charge in [-0.15, -0.1) is 11.8 Å². The van der Waals surface area contributed by atoms with Crippen LogP contribution in [0.1, 0.15) is 19.4 Å². The molecule has 0 saturated heterocycles. The molecule has 0 unspecified atom stereocenters. The first kappa shape index (κ1) is 11.7. The predicted octanol–water partition coefficient (Wildman–Crippen LogP) is 2.88. The van der Waals surface area contributed by atoms with Crippen LogP contribution in [0.3, 0.4) is 0 Å². The van der Waals surface area contributed by atoms with Gasteiger partial charge in [0.2, 0.25) is 0 Å². The van der Waals surface area contributed by atoms with E-state index in [1.807, 2.05) is 0 Å². The van der Waals surface area contributed by atoms with Crippen LogP contribution < -0.4 is 0 Å². The number of likely N-dealkylation sites (N-methyl/N-ethyl adjacent to an activating group) is 1. The Morgan fingerprint density at radius 1 is 1.25 bits per heavy atom. The van der Waals surface area contributed by atoms with E-state index >= 15 is 0 Å². The van der Waals surface area contributed by atoms with Crippen molar-refractivity contribution in [1.29, 1.82) is 0 Å². The highest BCUT2D eigenvalue weighted by Crippen LogP contribution is 2.26. The van der Waals surface area contributed by atoms with Gasteiger partial charge in [-0.2, -0.15) is 0 Å². The molecule has 0 bridgehead atoms. The summed E-state index contributed by atoms with van der Waals surface area (Å²) in [5, 5.41) is 0. The van der Waals surface area contributed by atoms with E-state index < -0.39 is 0 Å². The average molecular weight is 234 g/mol. The normalized spacial score (nSPS) is 19.9. The van der Waals surface area contributed by atoms with Gasteiger partial charge in [-0.05, 0) is 44.8 Å². The summed E-state index contributed by atoms with van der Waals surface area (Å²) < 4.78 is 0. The molecule has 0 N–H and O–H groups in total. The topological polar surface area (TPSA) is 15.6 Å². The fraction of sp³-hybridized carbons (Fsp3) is 0.462. The molecular weight excluding hydrogens is 216 g/mol. The van der Waals surface area contributed by atoms with Gasteiger partial charge < -0.3 is 0 Å². The van der Waals surface area contributed by atoms with E-state index in [4.69, 9.17) is 0 Å². The third-order valence-corrected chi connectivity index (χ3v) is 4.08. The Hall–Kier alpha value is -0.800. The van der Waals surface area contributed by atoms with Crippen molar-refractivity contribution in [2.45, 2.75) is 24.3 Å². The first-order valence-electron chi connectivity index (χ1n) is 5.46. The molecule has 0 saturated carbocycles. The molecule has 1 heterocycles. The van der Waals surface area contributed by atoms with E-state index in [0.29, 0.717) is 0 Å². The molecule has 3 heteroatoms. The van der Waals surface area contributed by atoms with Gasteiger partial charge in [0.25, 0.3) is 0 Å². The monoisotopic (exact) mass is 234 g/mol. The highest BCUT2D eigenvalue weighted by Gasteiger charge is 2.34. The highest BCUT2D eigenvalue weighted by atomic mass is 32.2. The molecule has 2 nitrogen and oxygen atoms in total. The molecule has 16 heavy (non-hydrogen) atoms. The summed E-state index contributed by atoms with van der Waals surface area (Å²) in [6.45, 7) is 5.25. The smallest absolute Gasteiger partial charge is 0.0918 e. The molecule has 2 rings (SSSR count). The molecule has 1 aromatic rings. The fourth-order valence-corrected chi connectivity index (χ4v) is 2.33. The summed E-state index contributed by atoms with van der Waals surface area (Å²) in [5.74, 6) is 0. The van der Waals surface area contributed by atoms with Gasteiger partial charge in [0.15, 0.2) is 0 Å². The largest absolute Gasteiger partial charge is 0.277 e. The maximum atomic E-state index is 4.63. The molecule has 0 radical (unpaired) electrons. The first-order chi connectivity index (χ1) is 7.55. The van der Waals surface area contributed by atoms with E-state index in [0.717, 1.165) is 6.67 Å². The van der Waals surface area contributed by atoms with Crippen molar-refractivity contribution in [2.24, 2.45) is 4.99 Å². The van der Waals surface area contributed by atoms with E-state index in [1.54, 1.807) is 11.8 Å². The Balaban J connectivity index is 2.31. The molecule has 0 fully saturated rings. The van der Waals surface area contributed by atoms with E-state index in [9.17, 15) is 0 Å². The summed E-state index contributed by atoms with van der Waals surface area (Å²) in [7, 11) is 2.12. The van der Waals surface area contributed by atoms with Crippen LogP contribution in [-0.4, -0.2) is 36.1 Å². The third-order valence-electron chi connectivity index (χ3n) is 3.34. The molecule has 0 amide bonds. The molecule has 1 aromatic carbocycles. The second-order valence-electron chi connectivity index (χ2n) is 4.63. The summed E-state index contributed by atoms with van der Waals surface area (Å²) >= 11 is 1.77. The van der Waals surface area contributed by atoms with Gasteiger partial charge in [0.05, 0.1) is 17.9 Å². The molecule has 0 spiro atoms. The van der Waals surface area contributed by atoms with Crippen LogP contribution >= 0.6 is 11.8 Å². The van der Waals surface area contributed by atoms with E-state index in [1.165, 1.54) is 16.2 Å². The SMILES string of the molecule is CSc1ccc(C2=NCN(C)C2(C)C)cc1. The average Bonchev–Trinajstić information content (AvgIpc) is 2.54. The van der Waals surface area contributed by atoms with Crippen LogP contribution in [0.2, 0.25) is 0 Å². The summed E-state index contributed by atoms with van der Waals surface area (Å²) in [6, 6.07) is 8.67. The number of rotatable bonds is 2. The Labute approximate surface area is 102 Å². The van der Waals surface area contributed by atoms with Crippen LogP contribution in [0.15, 0.2) is 34.2 Å². The number of aliphatic imine (C=N–C) groups is 1. The lowest BCUT2D eigenvalue weighted by Crippen LogP contribution is -2.42. The second-order valence-corrected chi connectivity index (χ2v) is 5.51. The van der Waals surface area contributed by atoms with Crippen molar-refractivity contribution in [3.63, 3.8) is 0 Å². The van der Waals surface area contributed by atoms with E-state index in [-0.39, 0.29) is 5.54 Å². The van der Waals surface area contributed by atoms with Crippen molar-refractivity contribution in [3.05, 3.63) is 29.8 Å². The number of hydrogen-bond acceptors (Lipinski definition) is 3. The van der Waals surface area contributed by atoms with Crippen molar-refractivity contribution < 1.29 is 0 Å². The van der Waals surface area contributed by atoms with Crippen LogP contribution in [0.4, 0.5) is 0 Å². The van der Waals surface area contributed by atoms with Gasteiger partial charge in [-0.3, -0.25) is 9.89 Å². The number of nitrogens with zero attached hydrogens (tertiary/aromatic N) is 2. The minimum absolute atomic E-state index is 0.0425. The fourth-order valence-electron chi connectivity index (χ4n) is 1.92. The molecule has 0 aromatic heterocycles. The minimum Gasteiger partial charge on any atom is -0.277 e. The lowest BCUT2D eigenvalue weighted by atomic mass is 9.92. The molecule has 1 aliphatic heterocycles. The Kier molecular flexibility index (Phi) is 3.08. The van der Waals surface area contributed by atoms with Gasteiger partial charge in [-0.1, -0.05) is 12.1 Å². The molecule has 1 aliphatic rings. The van der Waals surface area contributed by atoms with Crippen LogP contribution in [0, 0.1) is 0 Å². The number of thioether (sulfide) groups is 1. The number of benzene rings is 1. The molecular formula is C13H18N2S. The van der Waals surface area contributed by atoms with Crippen molar-refractivity contribution in [3.8, 4) is 0 Å². The van der Waals surface area contributed by atoms with Crippen molar-refractivity contribution in [1.82, 2.24) is 4.90 Å². The first-order valence-corrected chi connectivity index (χ1v) is 6.69. The van der Waals surface area contributed by atoms with Gasteiger partial charge in [-0.25, -0.2) is 0 Å². The van der Waals surface area contributed by atoms with Crippen molar-refractivity contribution in [2.75, 3.05) is 20.0 Å². The Morgan fingerprint density at radius 3 is 2.31 bits per heavy atom. The zero-order valence-electron chi connectivity index (χ0n) is 10.3. The zero-order chi connectivity index (χ0) is 11.8.